The number of aromatic nitrogens is 4. The number of nitrogens with zero attached hydrogens (tertiary/aromatic N) is 4. The Morgan fingerprint density at radius 2 is 2.30 bits per heavy atom. The molecule has 0 fully saturated rings. The highest BCUT2D eigenvalue weighted by molar-refractivity contribution is 5.99. The third kappa shape index (κ3) is 2.68. The molecule has 1 heterocycles. The minimum Gasteiger partial charge on any atom is -0.398 e. The molecule has 0 radical (unpaired) electrons. The summed E-state index contributed by atoms with van der Waals surface area (Å²) in [6.07, 6.45) is 0. The Balaban J connectivity index is 2.20. The van der Waals surface area contributed by atoms with E-state index in [2.05, 4.69) is 25.9 Å². The second-order valence-electron chi connectivity index (χ2n) is 3.99. The van der Waals surface area contributed by atoms with Gasteiger partial charge in [0.25, 0.3) is 11.6 Å². The average molecular weight is 277 g/mol. The standard InChI is InChI=1S/C10H11N7O3/c1-5(9-13-15-16-14-9)12-10(18)7-4-6(17(19)20)2-3-8(7)11/h2-5H,11H2,1H3,(H,12,18)(H,13,14,15,16). The summed E-state index contributed by atoms with van der Waals surface area (Å²) in [5, 5.41) is 26.4. The van der Waals surface area contributed by atoms with Crippen LogP contribution in [0.4, 0.5) is 11.4 Å². The van der Waals surface area contributed by atoms with E-state index < -0.39 is 16.9 Å². The first-order valence-electron chi connectivity index (χ1n) is 5.57. The van der Waals surface area contributed by atoms with Crippen molar-refractivity contribution in [2.24, 2.45) is 0 Å². The molecule has 10 heteroatoms. The van der Waals surface area contributed by atoms with Gasteiger partial charge >= 0.3 is 0 Å². The number of nitro benzene ring substituents is 1. The maximum Gasteiger partial charge on any atom is 0.270 e. The number of tetrazole rings is 1. The second-order valence-corrected chi connectivity index (χ2v) is 3.99. The summed E-state index contributed by atoms with van der Waals surface area (Å²) in [5.41, 5.74) is 5.61. The van der Waals surface area contributed by atoms with E-state index in [1.54, 1.807) is 6.92 Å². The Morgan fingerprint density at radius 3 is 2.90 bits per heavy atom. The molecule has 0 saturated heterocycles. The number of nitro groups is 1. The fourth-order valence-corrected chi connectivity index (χ4v) is 1.55. The Labute approximate surface area is 112 Å². The number of aromatic amines is 1. The maximum atomic E-state index is 12.0. The first kappa shape index (κ1) is 13.4. The van der Waals surface area contributed by atoms with Crippen LogP contribution in [0.25, 0.3) is 0 Å². The molecule has 1 unspecified atom stereocenters. The number of carbonyl (C=O) groups is 1. The molecule has 2 aromatic rings. The van der Waals surface area contributed by atoms with E-state index in [9.17, 15) is 14.9 Å². The molecular weight excluding hydrogens is 266 g/mol. The van der Waals surface area contributed by atoms with Gasteiger partial charge in [0.15, 0.2) is 5.82 Å². The number of H-pyrrole nitrogens is 1. The number of rotatable bonds is 4. The van der Waals surface area contributed by atoms with Crippen LogP contribution in [0.1, 0.15) is 29.1 Å². The van der Waals surface area contributed by atoms with Crippen molar-refractivity contribution in [3.8, 4) is 0 Å². The number of nitrogens with two attached hydrogens (primary N) is 1. The first-order valence-corrected chi connectivity index (χ1v) is 5.57. The lowest BCUT2D eigenvalue weighted by Crippen LogP contribution is -2.28. The van der Waals surface area contributed by atoms with Crippen LogP contribution in [0.2, 0.25) is 0 Å². The summed E-state index contributed by atoms with van der Waals surface area (Å²) in [7, 11) is 0. The number of hydrogen-bond donors (Lipinski definition) is 3. The molecule has 104 valence electrons. The number of carbonyl (C=O) groups excluding carboxylic acids is 1. The summed E-state index contributed by atoms with van der Waals surface area (Å²) in [6.45, 7) is 1.65. The van der Waals surface area contributed by atoms with Gasteiger partial charge in [-0.15, -0.1) is 10.2 Å². The highest BCUT2D eigenvalue weighted by Gasteiger charge is 2.19. The summed E-state index contributed by atoms with van der Waals surface area (Å²) >= 11 is 0. The Hall–Kier alpha value is -3.04. The fraction of sp³-hybridized carbons (Fsp3) is 0.200. The van der Waals surface area contributed by atoms with E-state index in [1.807, 2.05) is 0 Å². The van der Waals surface area contributed by atoms with Crippen molar-refractivity contribution in [1.82, 2.24) is 25.9 Å². The number of hydrogen-bond acceptors (Lipinski definition) is 7. The number of anilines is 1. The van der Waals surface area contributed by atoms with Crippen molar-refractivity contribution < 1.29 is 9.72 Å². The quantitative estimate of drug-likeness (QED) is 0.409. The molecule has 0 bridgehead atoms. The Bertz CT molecular complexity index is 640. The fourth-order valence-electron chi connectivity index (χ4n) is 1.55. The number of nitrogens with one attached hydrogen (secondary N) is 2. The van der Waals surface area contributed by atoms with E-state index in [0.29, 0.717) is 5.82 Å². The van der Waals surface area contributed by atoms with Crippen LogP contribution in [-0.4, -0.2) is 31.5 Å². The van der Waals surface area contributed by atoms with Gasteiger partial charge < -0.3 is 11.1 Å². The third-order valence-electron chi connectivity index (χ3n) is 2.59. The number of nitrogen functional groups attached to an aromatic ring is 1. The van der Waals surface area contributed by atoms with Gasteiger partial charge in [-0.1, -0.05) is 5.21 Å². The normalized spacial score (nSPS) is 11.8. The van der Waals surface area contributed by atoms with Gasteiger partial charge in [0.2, 0.25) is 0 Å². The van der Waals surface area contributed by atoms with Crippen molar-refractivity contribution in [3.63, 3.8) is 0 Å². The zero-order valence-corrected chi connectivity index (χ0v) is 10.4. The molecule has 1 aromatic heterocycles. The van der Waals surface area contributed by atoms with Crippen molar-refractivity contribution >= 4 is 17.3 Å². The van der Waals surface area contributed by atoms with E-state index in [4.69, 9.17) is 5.73 Å². The molecule has 0 spiro atoms. The van der Waals surface area contributed by atoms with E-state index in [0.717, 1.165) is 6.07 Å². The molecule has 2 rings (SSSR count). The van der Waals surface area contributed by atoms with Gasteiger partial charge in [-0.25, -0.2) is 0 Å². The maximum absolute atomic E-state index is 12.0. The third-order valence-corrected chi connectivity index (χ3v) is 2.59. The Kier molecular flexibility index (Phi) is 3.55. The van der Waals surface area contributed by atoms with Crippen molar-refractivity contribution in [2.75, 3.05) is 5.73 Å². The van der Waals surface area contributed by atoms with Gasteiger partial charge in [-0.2, -0.15) is 5.21 Å². The summed E-state index contributed by atoms with van der Waals surface area (Å²) in [4.78, 5) is 22.1. The van der Waals surface area contributed by atoms with Gasteiger partial charge in [0, 0.05) is 17.8 Å². The highest BCUT2D eigenvalue weighted by atomic mass is 16.6. The molecular formula is C10H11N7O3. The largest absolute Gasteiger partial charge is 0.398 e. The van der Waals surface area contributed by atoms with Crippen molar-refractivity contribution in [3.05, 3.63) is 39.7 Å². The lowest BCUT2D eigenvalue weighted by molar-refractivity contribution is -0.384. The molecule has 0 aliphatic carbocycles. The van der Waals surface area contributed by atoms with Gasteiger partial charge in [-0.3, -0.25) is 14.9 Å². The topological polar surface area (TPSA) is 153 Å². The molecule has 0 aliphatic heterocycles. The molecule has 20 heavy (non-hydrogen) atoms. The van der Waals surface area contributed by atoms with Crippen LogP contribution in [0.3, 0.4) is 0 Å². The lowest BCUT2D eigenvalue weighted by atomic mass is 10.1. The van der Waals surface area contributed by atoms with Crippen LogP contribution >= 0.6 is 0 Å². The van der Waals surface area contributed by atoms with Crippen LogP contribution in [0.15, 0.2) is 18.2 Å². The predicted molar refractivity (Wildman–Crippen MR) is 67.6 cm³/mol. The number of non-ortho nitro benzene ring substituents is 1. The minimum absolute atomic E-state index is 0.0227. The van der Waals surface area contributed by atoms with Crippen molar-refractivity contribution in [2.45, 2.75) is 13.0 Å². The Morgan fingerprint density at radius 1 is 1.55 bits per heavy atom. The van der Waals surface area contributed by atoms with Crippen LogP contribution < -0.4 is 11.1 Å². The molecule has 0 saturated carbocycles. The molecule has 0 aliphatic rings. The molecule has 10 nitrogen and oxygen atoms in total. The molecule has 1 aromatic carbocycles. The summed E-state index contributed by atoms with van der Waals surface area (Å²) in [6, 6.07) is 3.15. The molecule has 1 atom stereocenters. The van der Waals surface area contributed by atoms with Gasteiger partial charge in [0.1, 0.15) is 0 Å². The van der Waals surface area contributed by atoms with E-state index >= 15 is 0 Å². The van der Waals surface area contributed by atoms with Gasteiger partial charge in [0.05, 0.1) is 16.5 Å². The van der Waals surface area contributed by atoms with Gasteiger partial charge in [-0.05, 0) is 13.0 Å². The van der Waals surface area contributed by atoms with Crippen molar-refractivity contribution in [1.29, 1.82) is 0 Å². The number of amides is 1. The zero-order valence-electron chi connectivity index (χ0n) is 10.4. The van der Waals surface area contributed by atoms with E-state index in [-0.39, 0.29) is 16.9 Å². The SMILES string of the molecule is CC(NC(=O)c1cc([N+](=O)[O-])ccc1N)c1nn[nH]n1. The summed E-state index contributed by atoms with van der Waals surface area (Å²) in [5.74, 6) is -0.258. The lowest BCUT2D eigenvalue weighted by Gasteiger charge is -2.11. The minimum atomic E-state index is -0.598. The molecule has 4 N–H and O–H groups in total. The van der Waals surface area contributed by atoms with Crippen LogP contribution in [0.5, 0.6) is 0 Å². The van der Waals surface area contributed by atoms with Crippen LogP contribution in [0, 0.1) is 10.1 Å². The zero-order chi connectivity index (χ0) is 14.7. The van der Waals surface area contributed by atoms with E-state index in [1.165, 1.54) is 12.1 Å². The first-order chi connectivity index (χ1) is 9.49. The average Bonchev–Trinajstić information content (AvgIpc) is 2.92. The monoisotopic (exact) mass is 277 g/mol. The number of benzene rings is 1. The molecule has 1 amide bonds. The second kappa shape index (κ2) is 5.30. The highest BCUT2D eigenvalue weighted by Crippen LogP contribution is 2.20. The van der Waals surface area contributed by atoms with Crippen LogP contribution in [-0.2, 0) is 0 Å². The summed E-state index contributed by atoms with van der Waals surface area (Å²) < 4.78 is 0. The predicted octanol–water partition coefficient (Wildman–Crippen LogP) is 0.181. The smallest absolute Gasteiger partial charge is 0.270 e.